The van der Waals surface area contributed by atoms with Crippen molar-refractivity contribution in [2.24, 2.45) is 5.92 Å². The van der Waals surface area contributed by atoms with Gasteiger partial charge in [-0.2, -0.15) is 0 Å². The summed E-state index contributed by atoms with van der Waals surface area (Å²) >= 11 is 3.43. The summed E-state index contributed by atoms with van der Waals surface area (Å²) in [6, 6.07) is 2.18. The largest absolute Gasteiger partial charge is 0.351 e. The Morgan fingerprint density at radius 3 is 2.89 bits per heavy atom. The van der Waals surface area contributed by atoms with E-state index in [1.165, 1.54) is 19.3 Å². The molecule has 0 spiro atoms. The summed E-state index contributed by atoms with van der Waals surface area (Å²) in [5.74, 6) is 0.973. The molecule has 4 heteroatoms. The molecule has 0 unspecified atom stereocenters. The predicted octanol–water partition coefficient (Wildman–Crippen LogP) is 3.75. The Bertz CT molecular complexity index is 421. The number of amides is 1. The molecule has 0 atom stereocenters. The number of aromatic nitrogens is 1. The first-order valence-corrected chi connectivity index (χ1v) is 7.53. The van der Waals surface area contributed by atoms with Crippen molar-refractivity contribution in [3.63, 3.8) is 0 Å². The summed E-state index contributed by atoms with van der Waals surface area (Å²) in [7, 11) is 0. The van der Waals surface area contributed by atoms with Crippen molar-refractivity contribution in [3.8, 4) is 0 Å². The van der Waals surface area contributed by atoms with Crippen LogP contribution in [0.4, 0.5) is 0 Å². The topological polar surface area (TPSA) is 34.0 Å². The van der Waals surface area contributed by atoms with E-state index in [4.69, 9.17) is 0 Å². The van der Waals surface area contributed by atoms with Gasteiger partial charge in [-0.3, -0.25) is 4.79 Å². The number of rotatable bonds is 6. The fourth-order valence-corrected chi connectivity index (χ4v) is 2.58. The Labute approximate surface area is 117 Å². The minimum Gasteiger partial charge on any atom is -0.351 e. The molecule has 1 fully saturated rings. The molecule has 0 bridgehead atoms. The number of carbonyl (C=O) groups excluding carboxylic acids is 1. The zero-order valence-corrected chi connectivity index (χ0v) is 12.7. The maximum absolute atomic E-state index is 12.1. The maximum Gasteiger partial charge on any atom is 0.267 e. The molecule has 1 aromatic rings. The lowest BCUT2D eigenvalue weighted by Gasteiger charge is -2.12. The number of carbonyl (C=O) groups is 1. The summed E-state index contributed by atoms with van der Waals surface area (Å²) in [5.41, 5.74) is 0.739. The van der Waals surface area contributed by atoms with E-state index >= 15 is 0 Å². The molecular formula is C14H21BrN2O. The SMILES string of the molecule is CC(C)n1cc(Br)cc1C(=O)NCCCC1CC1. The predicted molar refractivity (Wildman–Crippen MR) is 76.8 cm³/mol. The summed E-state index contributed by atoms with van der Waals surface area (Å²) in [6.45, 7) is 4.95. The van der Waals surface area contributed by atoms with Gasteiger partial charge in [-0.25, -0.2) is 0 Å². The maximum atomic E-state index is 12.1. The van der Waals surface area contributed by atoms with Crippen LogP contribution < -0.4 is 5.32 Å². The fraction of sp³-hybridized carbons (Fsp3) is 0.643. The normalized spacial score (nSPS) is 15.1. The van der Waals surface area contributed by atoms with Crippen LogP contribution in [0.5, 0.6) is 0 Å². The Morgan fingerprint density at radius 2 is 2.28 bits per heavy atom. The van der Waals surface area contributed by atoms with Gasteiger partial charge in [0.05, 0.1) is 0 Å². The second-order valence-electron chi connectivity index (χ2n) is 5.39. The third-order valence-electron chi connectivity index (χ3n) is 3.38. The van der Waals surface area contributed by atoms with Gasteiger partial charge in [0, 0.05) is 23.3 Å². The van der Waals surface area contributed by atoms with Crippen molar-refractivity contribution in [1.82, 2.24) is 9.88 Å². The highest BCUT2D eigenvalue weighted by Gasteiger charge is 2.20. The lowest BCUT2D eigenvalue weighted by molar-refractivity contribution is 0.0942. The van der Waals surface area contributed by atoms with Crippen LogP contribution in [0.3, 0.4) is 0 Å². The van der Waals surface area contributed by atoms with Crippen molar-refractivity contribution < 1.29 is 4.79 Å². The lowest BCUT2D eigenvalue weighted by atomic mass is 10.2. The summed E-state index contributed by atoms with van der Waals surface area (Å²) in [4.78, 5) is 12.1. The molecule has 2 rings (SSSR count). The van der Waals surface area contributed by atoms with Crippen LogP contribution in [0, 0.1) is 5.92 Å². The van der Waals surface area contributed by atoms with Crippen LogP contribution >= 0.6 is 15.9 Å². The fourth-order valence-electron chi connectivity index (χ4n) is 2.14. The molecule has 1 amide bonds. The minimum absolute atomic E-state index is 0.0326. The smallest absolute Gasteiger partial charge is 0.267 e. The molecule has 100 valence electrons. The molecule has 0 aromatic carbocycles. The van der Waals surface area contributed by atoms with Crippen molar-refractivity contribution in [2.45, 2.75) is 45.6 Å². The van der Waals surface area contributed by atoms with E-state index in [-0.39, 0.29) is 5.91 Å². The Balaban J connectivity index is 1.86. The molecule has 1 N–H and O–H groups in total. The van der Waals surface area contributed by atoms with Gasteiger partial charge in [-0.15, -0.1) is 0 Å². The van der Waals surface area contributed by atoms with Crippen molar-refractivity contribution in [2.75, 3.05) is 6.54 Å². The number of hydrogen-bond acceptors (Lipinski definition) is 1. The second-order valence-corrected chi connectivity index (χ2v) is 6.30. The van der Waals surface area contributed by atoms with Gasteiger partial charge in [-0.1, -0.05) is 12.8 Å². The van der Waals surface area contributed by atoms with Crippen LogP contribution in [-0.2, 0) is 0 Å². The van der Waals surface area contributed by atoms with Gasteiger partial charge in [-0.05, 0) is 54.6 Å². The van der Waals surface area contributed by atoms with Gasteiger partial charge in [0.1, 0.15) is 5.69 Å². The number of nitrogens with zero attached hydrogens (tertiary/aromatic N) is 1. The standard InChI is InChI=1S/C14H21BrN2O/c1-10(2)17-9-12(15)8-13(17)14(18)16-7-3-4-11-5-6-11/h8-11H,3-7H2,1-2H3,(H,16,18). The van der Waals surface area contributed by atoms with E-state index in [2.05, 4.69) is 35.1 Å². The third-order valence-corrected chi connectivity index (χ3v) is 3.81. The number of nitrogens with one attached hydrogen (secondary N) is 1. The van der Waals surface area contributed by atoms with Crippen LogP contribution in [-0.4, -0.2) is 17.0 Å². The Kier molecular flexibility index (Phi) is 4.49. The minimum atomic E-state index is 0.0326. The number of hydrogen-bond donors (Lipinski definition) is 1. The average molecular weight is 313 g/mol. The first kappa shape index (κ1) is 13.7. The first-order valence-electron chi connectivity index (χ1n) is 6.73. The molecule has 1 aromatic heterocycles. The molecule has 3 nitrogen and oxygen atoms in total. The molecule has 0 radical (unpaired) electrons. The van der Waals surface area contributed by atoms with Crippen LogP contribution in [0.25, 0.3) is 0 Å². The van der Waals surface area contributed by atoms with Crippen molar-refractivity contribution in [1.29, 1.82) is 0 Å². The molecule has 1 heterocycles. The molecule has 1 saturated carbocycles. The van der Waals surface area contributed by atoms with E-state index in [1.54, 1.807) is 0 Å². The Hall–Kier alpha value is -0.770. The third kappa shape index (κ3) is 3.61. The quantitative estimate of drug-likeness (QED) is 0.797. The summed E-state index contributed by atoms with van der Waals surface area (Å²) in [5, 5.41) is 3.01. The Morgan fingerprint density at radius 1 is 1.56 bits per heavy atom. The van der Waals surface area contributed by atoms with Crippen molar-refractivity contribution >= 4 is 21.8 Å². The first-order chi connectivity index (χ1) is 8.58. The van der Waals surface area contributed by atoms with Gasteiger partial charge < -0.3 is 9.88 Å². The molecule has 1 aliphatic carbocycles. The van der Waals surface area contributed by atoms with E-state index in [0.29, 0.717) is 6.04 Å². The van der Waals surface area contributed by atoms with Gasteiger partial charge in [0.25, 0.3) is 5.91 Å². The monoisotopic (exact) mass is 312 g/mol. The number of halogens is 1. The van der Waals surface area contributed by atoms with Crippen LogP contribution in [0.15, 0.2) is 16.7 Å². The molecular weight excluding hydrogens is 292 g/mol. The molecule has 0 aliphatic heterocycles. The molecule has 18 heavy (non-hydrogen) atoms. The average Bonchev–Trinajstić information content (AvgIpc) is 3.05. The van der Waals surface area contributed by atoms with E-state index in [1.807, 2.05) is 16.8 Å². The zero-order valence-electron chi connectivity index (χ0n) is 11.1. The second kappa shape index (κ2) is 5.91. The zero-order chi connectivity index (χ0) is 13.1. The van der Waals surface area contributed by atoms with Crippen LogP contribution in [0.2, 0.25) is 0 Å². The van der Waals surface area contributed by atoms with Crippen molar-refractivity contribution in [3.05, 3.63) is 22.4 Å². The highest BCUT2D eigenvalue weighted by molar-refractivity contribution is 9.10. The lowest BCUT2D eigenvalue weighted by Crippen LogP contribution is -2.27. The van der Waals surface area contributed by atoms with E-state index in [0.717, 1.165) is 29.1 Å². The van der Waals surface area contributed by atoms with Crippen LogP contribution in [0.1, 0.15) is 56.1 Å². The van der Waals surface area contributed by atoms with Gasteiger partial charge in [0.15, 0.2) is 0 Å². The van der Waals surface area contributed by atoms with Gasteiger partial charge >= 0.3 is 0 Å². The highest BCUT2D eigenvalue weighted by atomic mass is 79.9. The van der Waals surface area contributed by atoms with Gasteiger partial charge in [0.2, 0.25) is 0 Å². The molecule has 0 saturated heterocycles. The summed E-state index contributed by atoms with van der Waals surface area (Å²) < 4.78 is 2.96. The van der Waals surface area contributed by atoms with E-state index in [9.17, 15) is 4.79 Å². The highest BCUT2D eigenvalue weighted by Crippen LogP contribution is 2.33. The summed E-state index contributed by atoms with van der Waals surface area (Å²) in [6.07, 6.45) is 7.09. The van der Waals surface area contributed by atoms with E-state index < -0.39 is 0 Å². The molecule has 1 aliphatic rings.